The molecule has 0 aliphatic carbocycles. The van der Waals surface area contributed by atoms with Crippen LogP contribution in [0.2, 0.25) is 19.6 Å². The second-order valence-corrected chi connectivity index (χ2v) is 8.61. The van der Waals surface area contributed by atoms with E-state index in [1.165, 1.54) is 0 Å². The summed E-state index contributed by atoms with van der Waals surface area (Å²) in [5.74, 6) is 0.133. The molecule has 0 aromatic heterocycles. The molecule has 3 nitrogen and oxygen atoms in total. The van der Waals surface area contributed by atoms with Gasteiger partial charge in [0.1, 0.15) is 0 Å². The highest BCUT2D eigenvalue weighted by Crippen LogP contribution is 2.10. The molecule has 0 unspecified atom stereocenters. The summed E-state index contributed by atoms with van der Waals surface area (Å²) in [6.45, 7) is 8.05. The van der Waals surface area contributed by atoms with Gasteiger partial charge in [-0.2, -0.15) is 0 Å². The Bertz CT molecular complexity index is 151. The van der Waals surface area contributed by atoms with Gasteiger partial charge in [0.2, 0.25) is 5.91 Å². The van der Waals surface area contributed by atoms with Gasteiger partial charge in [0.05, 0.1) is 0 Å². The van der Waals surface area contributed by atoms with Crippen LogP contribution in [0.5, 0.6) is 0 Å². The van der Waals surface area contributed by atoms with Crippen LogP contribution in [0.15, 0.2) is 0 Å². The van der Waals surface area contributed by atoms with Gasteiger partial charge >= 0.3 is 0 Å². The molecule has 0 saturated carbocycles. The van der Waals surface area contributed by atoms with Crippen LogP contribution in [0, 0.1) is 0 Å². The average molecular weight is 174 g/mol. The molecule has 1 amide bonds. The Kier molecular flexibility index (Phi) is 3.25. The van der Waals surface area contributed by atoms with Crippen LogP contribution in [0.1, 0.15) is 6.92 Å². The molecule has 4 heteroatoms. The van der Waals surface area contributed by atoms with Crippen molar-refractivity contribution in [2.75, 3.05) is 14.1 Å². The molecule has 0 saturated heterocycles. The predicted molar refractivity (Wildman–Crippen MR) is 49.6 cm³/mol. The summed E-state index contributed by atoms with van der Waals surface area (Å²) in [7, 11) is 2.30. The van der Waals surface area contributed by atoms with Gasteiger partial charge in [0.25, 0.3) is 0 Å². The van der Waals surface area contributed by atoms with Crippen molar-refractivity contribution in [1.82, 2.24) is 9.68 Å². The number of carbonyl (C=O) groups is 1. The first-order chi connectivity index (χ1) is 4.76. The molecule has 0 N–H and O–H groups in total. The minimum absolute atomic E-state index is 0.133. The quantitative estimate of drug-likeness (QED) is 0.463. The summed E-state index contributed by atoms with van der Waals surface area (Å²) >= 11 is 0. The summed E-state index contributed by atoms with van der Waals surface area (Å²) in [5, 5.41) is 1.87. The molecule has 0 fully saturated rings. The Labute approximate surface area is 70.0 Å². The molecule has 0 radical (unpaired) electrons. The molecular weight excluding hydrogens is 156 g/mol. The third-order valence-corrected chi connectivity index (χ3v) is 3.32. The van der Waals surface area contributed by atoms with E-state index in [1.54, 1.807) is 6.92 Å². The van der Waals surface area contributed by atoms with Crippen LogP contribution in [-0.4, -0.2) is 37.9 Å². The van der Waals surface area contributed by atoms with Crippen molar-refractivity contribution in [2.24, 2.45) is 0 Å². The van der Waals surface area contributed by atoms with E-state index in [2.05, 4.69) is 19.6 Å². The van der Waals surface area contributed by atoms with Crippen LogP contribution in [0.25, 0.3) is 0 Å². The number of rotatable bonds is 2. The van der Waals surface area contributed by atoms with E-state index in [9.17, 15) is 4.79 Å². The Morgan fingerprint density at radius 2 is 1.55 bits per heavy atom. The van der Waals surface area contributed by atoms with E-state index >= 15 is 0 Å². The van der Waals surface area contributed by atoms with Crippen LogP contribution in [0.3, 0.4) is 0 Å². The smallest absolute Gasteiger partial charge is 0.225 e. The van der Waals surface area contributed by atoms with E-state index in [4.69, 9.17) is 0 Å². The van der Waals surface area contributed by atoms with Crippen molar-refractivity contribution in [2.45, 2.75) is 26.6 Å². The van der Waals surface area contributed by atoms with Crippen LogP contribution in [0.4, 0.5) is 0 Å². The number of amides is 1. The lowest BCUT2D eigenvalue weighted by molar-refractivity contribution is -0.133. The fraction of sp³-hybridized carbons (Fsp3) is 0.857. The molecule has 0 aromatic rings. The van der Waals surface area contributed by atoms with E-state index < -0.39 is 8.24 Å². The first-order valence-corrected chi connectivity index (χ1v) is 7.19. The summed E-state index contributed by atoms with van der Waals surface area (Å²) in [6, 6.07) is 0. The summed E-state index contributed by atoms with van der Waals surface area (Å²) in [4.78, 5) is 11.2. The molecule has 0 atom stereocenters. The highest BCUT2D eigenvalue weighted by Gasteiger charge is 2.27. The molecule has 11 heavy (non-hydrogen) atoms. The minimum atomic E-state index is -1.50. The summed E-state index contributed by atoms with van der Waals surface area (Å²) in [5.41, 5.74) is 0. The number of nitrogens with zero attached hydrogens (tertiary/aromatic N) is 2. The SMILES string of the molecule is CC(=O)N(N(C)C)[Si](C)(C)C. The Morgan fingerprint density at radius 3 is 1.55 bits per heavy atom. The van der Waals surface area contributed by atoms with Crippen molar-refractivity contribution >= 4 is 14.1 Å². The fourth-order valence-electron chi connectivity index (χ4n) is 1.35. The topological polar surface area (TPSA) is 23.6 Å². The van der Waals surface area contributed by atoms with Gasteiger partial charge in [-0.15, -0.1) is 0 Å². The lowest BCUT2D eigenvalue weighted by Gasteiger charge is -2.38. The van der Waals surface area contributed by atoms with Crippen molar-refractivity contribution in [3.63, 3.8) is 0 Å². The monoisotopic (exact) mass is 174 g/mol. The molecule has 0 heterocycles. The molecule has 0 bridgehead atoms. The molecule has 0 aromatic carbocycles. The van der Waals surface area contributed by atoms with Gasteiger partial charge < -0.3 is 4.67 Å². The van der Waals surface area contributed by atoms with Crippen molar-refractivity contribution in [1.29, 1.82) is 0 Å². The van der Waals surface area contributed by atoms with E-state index in [0.717, 1.165) is 0 Å². The lowest BCUT2D eigenvalue weighted by Crippen LogP contribution is -2.55. The van der Waals surface area contributed by atoms with Gasteiger partial charge in [0, 0.05) is 21.0 Å². The first-order valence-electron chi connectivity index (χ1n) is 3.75. The van der Waals surface area contributed by atoms with E-state index in [0.29, 0.717) is 0 Å². The first kappa shape index (κ1) is 10.6. The third kappa shape index (κ3) is 3.03. The molecule has 0 aliphatic heterocycles. The van der Waals surface area contributed by atoms with Crippen molar-refractivity contribution in [3.8, 4) is 0 Å². The van der Waals surface area contributed by atoms with Crippen LogP contribution >= 0.6 is 0 Å². The van der Waals surface area contributed by atoms with Gasteiger partial charge in [-0.25, -0.2) is 5.01 Å². The zero-order chi connectivity index (χ0) is 9.23. The average Bonchev–Trinajstić information content (AvgIpc) is 1.54. The van der Waals surface area contributed by atoms with Crippen LogP contribution < -0.4 is 0 Å². The maximum absolute atomic E-state index is 11.2. The summed E-state index contributed by atoms with van der Waals surface area (Å²) in [6.07, 6.45) is 0. The van der Waals surface area contributed by atoms with Gasteiger partial charge in [-0.1, -0.05) is 19.6 Å². The van der Waals surface area contributed by atoms with Gasteiger partial charge in [0.15, 0.2) is 8.24 Å². The van der Waals surface area contributed by atoms with E-state index in [-0.39, 0.29) is 5.91 Å². The van der Waals surface area contributed by atoms with E-state index in [1.807, 2.05) is 23.8 Å². The highest BCUT2D eigenvalue weighted by atomic mass is 28.3. The third-order valence-electron chi connectivity index (χ3n) is 1.33. The number of carbonyl (C=O) groups excluding carboxylic acids is 1. The fourth-order valence-corrected chi connectivity index (χ4v) is 3.50. The Hall–Kier alpha value is -0.353. The predicted octanol–water partition coefficient (Wildman–Crippen LogP) is 1.15. The van der Waals surface area contributed by atoms with Gasteiger partial charge in [-0.05, 0) is 0 Å². The largest absolute Gasteiger partial charge is 0.306 e. The molecule has 0 spiro atoms. The normalized spacial score (nSPS) is 11.9. The second-order valence-electron chi connectivity index (χ2n) is 3.85. The zero-order valence-electron chi connectivity index (χ0n) is 8.30. The molecule has 0 rings (SSSR count). The molecule has 0 aliphatic rings. The molecule has 66 valence electrons. The highest BCUT2D eigenvalue weighted by molar-refractivity contribution is 6.75. The van der Waals surface area contributed by atoms with Crippen LogP contribution in [-0.2, 0) is 4.79 Å². The standard InChI is InChI=1S/C7H18N2OSi/c1-7(10)9(8(2)3)11(4,5)6/h1-6H3. The minimum Gasteiger partial charge on any atom is -0.306 e. The van der Waals surface area contributed by atoms with Crippen molar-refractivity contribution in [3.05, 3.63) is 0 Å². The maximum atomic E-state index is 11.2. The number of hydrogen-bond donors (Lipinski definition) is 0. The van der Waals surface area contributed by atoms with Crippen molar-refractivity contribution < 1.29 is 4.79 Å². The second kappa shape index (κ2) is 3.36. The number of hydrazine groups is 1. The Morgan fingerprint density at radius 1 is 1.18 bits per heavy atom. The molecular formula is C7H18N2OSi. The summed E-state index contributed by atoms with van der Waals surface area (Å²) < 4.78 is 1.85. The zero-order valence-corrected chi connectivity index (χ0v) is 9.30. The maximum Gasteiger partial charge on any atom is 0.225 e. The van der Waals surface area contributed by atoms with Gasteiger partial charge in [-0.3, -0.25) is 4.79 Å². The lowest BCUT2D eigenvalue weighted by atomic mass is 10.7. The Balaban J connectivity index is 4.49. The number of hydrogen-bond acceptors (Lipinski definition) is 2.